The number of hydrogen-bond donors (Lipinski definition) is 2. The van der Waals surface area contributed by atoms with Crippen molar-refractivity contribution >= 4 is 33.7 Å². The van der Waals surface area contributed by atoms with Crippen LogP contribution in [0.2, 0.25) is 0 Å². The number of hydrogen-bond acceptors (Lipinski definition) is 6. The van der Waals surface area contributed by atoms with Gasteiger partial charge in [-0.2, -0.15) is 9.41 Å². The minimum atomic E-state index is -3.90. The number of anilines is 1. The number of ether oxygens (including phenoxy) is 1. The first kappa shape index (κ1) is 24.6. The molecular formula is C24H24N4O5S. The Labute approximate surface area is 198 Å². The normalized spacial score (nSPS) is 11.4. The van der Waals surface area contributed by atoms with E-state index in [0.717, 1.165) is 4.31 Å². The Bertz CT molecular complexity index is 1280. The topological polar surface area (TPSA) is 117 Å². The highest BCUT2D eigenvalue weighted by Gasteiger charge is 2.22. The molecule has 0 heterocycles. The van der Waals surface area contributed by atoms with Crippen LogP contribution in [0.3, 0.4) is 0 Å². The van der Waals surface area contributed by atoms with Crippen LogP contribution in [-0.2, 0) is 19.6 Å². The molecule has 3 rings (SSSR count). The fraction of sp³-hybridized carbons (Fsp3) is 0.125. The number of nitrogens with one attached hydrogen (secondary N) is 2. The summed E-state index contributed by atoms with van der Waals surface area (Å²) in [5, 5.41) is 6.46. The van der Waals surface area contributed by atoms with E-state index in [1.165, 1.54) is 44.5 Å². The van der Waals surface area contributed by atoms with E-state index in [9.17, 15) is 18.0 Å². The standard InChI is InChI=1S/C24H24N4O5S/c1-18(29)26-20-11-13-23(14-12-20)34(31,32)28(2)17-24(30)27-25-16-19-7-6-10-22(15-19)33-21-8-4-3-5-9-21/h3-16H,17H2,1-2H3,(H,26,29)(H,27,30)/b25-16-. The molecule has 0 aliphatic heterocycles. The molecule has 0 aliphatic carbocycles. The Morgan fingerprint density at radius 1 is 0.971 bits per heavy atom. The largest absolute Gasteiger partial charge is 0.457 e. The van der Waals surface area contributed by atoms with Crippen molar-refractivity contribution in [1.29, 1.82) is 0 Å². The van der Waals surface area contributed by atoms with Gasteiger partial charge in [-0.25, -0.2) is 13.8 Å². The second-order valence-corrected chi connectivity index (χ2v) is 9.29. The Hall–Kier alpha value is -4.02. The quantitative estimate of drug-likeness (QED) is 0.360. The molecule has 2 N–H and O–H groups in total. The fourth-order valence-corrected chi connectivity index (χ4v) is 4.00. The van der Waals surface area contributed by atoms with E-state index in [-0.39, 0.29) is 10.8 Å². The maximum absolute atomic E-state index is 12.7. The molecule has 34 heavy (non-hydrogen) atoms. The van der Waals surface area contributed by atoms with Gasteiger partial charge < -0.3 is 10.1 Å². The van der Waals surface area contributed by atoms with Gasteiger partial charge in [0.2, 0.25) is 15.9 Å². The Kier molecular flexibility index (Phi) is 8.12. The molecule has 0 spiro atoms. The molecule has 9 nitrogen and oxygen atoms in total. The molecule has 0 saturated carbocycles. The van der Waals surface area contributed by atoms with Gasteiger partial charge in [-0.05, 0) is 54.1 Å². The summed E-state index contributed by atoms with van der Waals surface area (Å²) in [5.41, 5.74) is 3.48. The average molecular weight is 481 g/mol. The van der Waals surface area contributed by atoms with E-state index >= 15 is 0 Å². The van der Waals surface area contributed by atoms with Gasteiger partial charge in [0.15, 0.2) is 0 Å². The van der Waals surface area contributed by atoms with Crippen molar-refractivity contribution in [2.45, 2.75) is 11.8 Å². The van der Waals surface area contributed by atoms with E-state index in [0.29, 0.717) is 22.7 Å². The zero-order chi connectivity index (χ0) is 24.6. The summed E-state index contributed by atoms with van der Waals surface area (Å²) in [5.74, 6) is 0.435. The summed E-state index contributed by atoms with van der Waals surface area (Å²) in [6, 6.07) is 22.1. The summed E-state index contributed by atoms with van der Waals surface area (Å²) < 4.78 is 32.1. The third-order valence-corrected chi connectivity index (χ3v) is 6.31. The fourth-order valence-electron chi connectivity index (χ4n) is 2.88. The zero-order valence-electron chi connectivity index (χ0n) is 18.6. The lowest BCUT2D eigenvalue weighted by atomic mass is 10.2. The van der Waals surface area contributed by atoms with E-state index in [4.69, 9.17) is 4.74 Å². The van der Waals surface area contributed by atoms with E-state index in [2.05, 4.69) is 15.8 Å². The van der Waals surface area contributed by atoms with Crippen LogP contribution in [0.15, 0.2) is 88.9 Å². The SMILES string of the molecule is CC(=O)Nc1ccc(S(=O)(=O)N(C)CC(=O)N/N=C\c2cccc(Oc3ccccc3)c2)cc1. The summed E-state index contributed by atoms with van der Waals surface area (Å²) in [4.78, 5) is 23.3. The lowest BCUT2D eigenvalue weighted by Crippen LogP contribution is -2.36. The monoisotopic (exact) mass is 480 g/mol. The van der Waals surface area contributed by atoms with Gasteiger partial charge in [-0.1, -0.05) is 30.3 Å². The van der Waals surface area contributed by atoms with Crippen LogP contribution >= 0.6 is 0 Å². The van der Waals surface area contributed by atoms with Crippen LogP contribution in [0.25, 0.3) is 0 Å². The molecule has 0 bridgehead atoms. The van der Waals surface area contributed by atoms with Crippen LogP contribution in [0.5, 0.6) is 11.5 Å². The summed E-state index contributed by atoms with van der Waals surface area (Å²) >= 11 is 0. The molecule has 3 aromatic carbocycles. The molecular weight excluding hydrogens is 456 g/mol. The third kappa shape index (κ3) is 6.99. The number of benzene rings is 3. The summed E-state index contributed by atoms with van der Waals surface area (Å²) in [6.45, 7) is 0.930. The number of nitrogens with zero attached hydrogens (tertiary/aromatic N) is 2. The molecule has 176 valence electrons. The van der Waals surface area contributed by atoms with Crippen LogP contribution in [0.1, 0.15) is 12.5 Å². The molecule has 0 radical (unpaired) electrons. The molecule has 10 heteroatoms. The first-order valence-electron chi connectivity index (χ1n) is 10.2. The van der Waals surface area contributed by atoms with Gasteiger partial charge in [0.1, 0.15) is 11.5 Å². The number of sulfonamides is 1. The maximum Gasteiger partial charge on any atom is 0.255 e. The van der Waals surface area contributed by atoms with Gasteiger partial charge in [-0.15, -0.1) is 0 Å². The van der Waals surface area contributed by atoms with Crippen molar-refractivity contribution in [1.82, 2.24) is 9.73 Å². The van der Waals surface area contributed by atoms with E-state index in [1.54, 1.807) is 24.3 Å². The lowest BCUT2D eigenvalue weighted by molar-refractivity contribution is -0.121. The molecule has 0 unspecified atom stereocenters. The van der Waals surface area contributed by atoms with Crippen molar-refractivity contribution in [2.75, 3.05) is 18.9 Å². The zero-order valence-corrected chi connectivity index (χ0v) is 19.5. The predicted molar refractivity (Wildman–Crippen MR) is 129 cm³/mol. The highest BCUT2D eigenvalue weighted by molar-refractivity contribution is 7.89. The van der Waals surface area contributed by atoms with Crippen molar-refractivity contribution < 1.29 is 22.7 Å². The van der Waals surface area contributed by atoms with E-state index in [1.807, 2.05) is 30.3 Å². The Balaban J connectivity index is 1.56. The highest BCUT2D eigenvalue weighted by atomic mass is 32.2. The second kappa shape index (κ2) is 11.2. The number of rotatable bonds is 9. The molecule has 0 saturated heterocycles. The van der Waals surface area contributed by atoms with Gasteiger partial charge in [-0.3, -0.25) is 9.59 Å². The smallest absolute Gasteiger partial charge is 0.255 e. The van der Waals surface area contributed by atoms with Gasteiger partial charge in [0, 0.05) is 19.7 Å². The number of amides is 2. The number of para-hydroxylation sites is 1. The van der Waals surface area contributed by atoms with Gasteiger partial charge in [0.25, 0.3) is 5.91 Å². The number of likely N-dealkylation sites (N-methyl/N-ethyl adjacent to an activating group) is 1. The highest BCUT2D eigenvalue weighted by Crippen LogP contribution is 2.21. The predicted octanol–water partition coefficient (Wildman–Crippen LogP) is 3.21. The first-order valence-corrected chi connectivity index (χ1v) is 11.7. The van der Waals surface area contributed by atoms with Crippen molar-refractivity contribution in [3.05, 3.63) is 84.4 Å². The van der Waals surface area contributed by atoms with Gasteiger partial charge in [0.05, 0.1) is 17.7 Å². The van der Waals surface area contributed by atoms with Crippen molar-refractivity contribution in [2.24, 2.45) is 5.10 Å². The van der Waals surface area contributed by atoms with Crippen molar-refractivity contribution in [3.8, 4) is 11.5 Å². The van der Waals surface area contributed by atoms with Crippen LogP contribution in [0.4, 0.5) is 5.69 Å². The number of carbonyl (C=O) groups is 2. The second-order valence-electron chi connectivity index (χ2n) is 7.25. The van der Waals surface area contributed by atoms with Crippen molar-refractivity contribution in [3.63, 3.8) is 0 Å². The Morgan fingerprint density at radius 2 is 1.65 bits per heavy atom. The first-order chi connectivity index (χ1) is 16.2. The minimum absolute atomic E-state index is 0.00404. The lowest BCUT2D eigenvalue weighted by Gasteiger charge is -2.16. The Morgan fingerprint density at radius 3 is 2.32 bits per heavy atom. The third-order valence-electron chi connectivity index (χ3n) is 4.49. The average Bonchev–Trinajstić information content (AvgIpc) is 2.80. The molecule has 0 atom stereocenters. The number of carbonyl (C=O) groups excluding carboxylic acids is 2. The molecule has 0 fully saturated rings. The maximum atomic E-state index is 12.7. The van der Waals surface area contributed by atoms with Gasteiger partial charge >= 0.3 is 0 Å². The molecule has 0 aromatic heterocycles. The van der Waals surface area contributed by atoms with Crippen LogP contribution in [-0.4, -0.2) is 44.3 Å². The molecule has 2 amide bonds. The van der Waals surface area contributed by atoms with Crippen LogP contribution in [0, 0.1) is 0 Å². The van der Waals surface area contributed by atoms with E-state index < -0.39 is 22.5 Å². The van der Waals surface area contributed by atoms with Crippen LogP contribution < -0.4 is 15.5 Å². The minimum Gasteiger partial charge on any atom is -0.457 e. The number of hydrazone groups is 1. The summed E-state index contributed by atoms with van der Waals surface area (Å²) in [6.07, 6.45) is 1.44. The summed E-state index contributed by atoms with van der Waals surface area (Å²) in [7, 11) is -2.60. The molecule has 3 aromatic rings. The molecule has 0 aliphatic rings.